The first-order valence-corrected chi connectivity index (χ1v) is 9.70. The number of nitrogens with zero attached hydrogens (tertiary/aromatic N) is 5. The van der Waals surface area contributed by atoms with Crippen molar-refractivity contribution in [3.05, 3.63) is 41.1 Å². The van der Waals surface area contributed by atoms with E-state index in [0.29, 0.717) is 28.6 Å². The van der Waals surface area contributed by atoms with E-state index in [-0.39, 0.29) is 0 Å². The molecule has 8 heteroatoms. The Morgan fingerprint density at radius 2 is 1.96 bits per heavy atom. The smallest absolute Gasteiger partial charge is 0.226 e. The number of aryl methyl sites for hydroxylation is 1. The van der Waals surface area contributed by atoms with Gasteiger partial charge in [-0.2, -0.15) is 0 Å². The molecule has 4 rings (SSSR count). The summed E-state index contributed by atoms with van der Waals surface area (Å²) in [5.41, 5.74) is 0.920. The number of halogens is 1. The molecule has 3 aromatic rings. The SMILES string of the molecule is Cc1nnc(CSc2nnc(-c3ccccc3Cl)n2C2CCCC2)o1. The Bertz CT molecular complexity index is 872. The molecular formula is C17H18ClN5OS. The molecule has 0 N–H and O–H groups in total. The zero-order valence-corrected chi connectivity index (χ0v) is 15.4. The predicted octanol–water partition coefficient (Wildman–Crippen LogP) is 4.70. The highest BCUT2D eigenvalue weighted by Crippen LogP contribution is 2.38. The molecule has 1 fully saturated rings. The van der Waals surface area contributed by atoms with Gasteiger partial charge in [0.15, 0.2) is 11.0 Å². The number of aromatic nitrogens is 5. The third-order valence-electron chi connectivity index (χ3n) is 4.36. The van der Waals surface area contributed by atoms with Gasteiger partial charge in [-0.15, -0.1) is 20.4 Å². The summed E-state index contributed by atoms with van der Waals surface area (Å²) in [6.45, 7) is 1.79. The molecule has 0 radical (unpaired) electrons. The summed E-state index contributed by atoms with van der Waals surface area (Å²) in [6.07, 6.45) is 4.75. The van der Waals surface area contributed by atoms with Crippen LogP contribution in [0.3, 0.4) is 0 Å². The Morgan fingerprint density at radius 1 is 1.16 bits per heavy atom. The second kappa shape index (κ2) is 7.17. The molecule has 0 unspecified atom stereocenters. The van der Waals surface area contributed by atoms with Gasteiger partial charge in [0.05, 0.1) is 10.8 Å². The van der Waals surface area contributed by atoms with Gasteiger partial charge in [-0.25, -0.2) is 0 Å². The molecule has 0 bridgehead atoms. The molecule has 130 valence electrons. The Balaban J connectivity index is 1.68. The van der Waals surface area contributed by atoms with Crippen LogP contribution < -0.4 is 0 Å². The molecule has 2 heterocycles. The molecule has 2 aromatic heterocycles. The number of hydrogen-bond donors (Lipinski definition) is 0. The fourth-order valence-electron chi connectivity index (χ4n) is 3.22. The molecule has 0 aliphatic heterocycles. The van der Waals surface area contributed by atoms with Gasteiger partial charge in [-0.3, -0.25) is 4.57 Å². The van der Waals surface area contributed by atoms with Crippen LogP contribution in [0.15, 0.2) is 33.8 Å². The van der Waals surface area contributed by atoms with Gasteiger partial charge < -0.3 is 4.42 Å². The van der Waals surface area contributed by atoms with Crippen LogP contribution in [-0.4, -0.2) is 25.0 Å². The Kier molecular flexibility index (Phi) is 4.76. The van der Waals surface area contributed by atoms with Crippen molar-refractivity contribution in [1.82, 2.24) is 25.0 Å². The van der Waals surface area contributed by atoms with Crippen LogP contribution in [0.1, 0.15) is 43.5 Å². The molecule has 1 aliphatic rings. The molecule has 0 atom stereocenters. The summed E-state index contributed by atoms with van der Waals surface area (Å²) in [5.74, 6) is 2.59. The van der Waals surface area contributed by atoms with Gasteiger partial charge in [0.25, 0.3) is 0 Å². The largest absolute Gasteiger partial charge is 0.425 e. The van der Waals surface area contributed by atoms with Gasteiger partial charge in [0, 0.05) is 18.5 Å². The molecule has 1 saturated carbocycles. The van der Waals surface area contributed by atoms with Crippen molar-refractivity contribution in [3.8, 4) is 11.4 Å². The Morgan fingerprint density at radius 3 is 2.68 bits per heavy atom. The highest BCUT2D eigenvalue weighted by Gasteiger charge is 2.26. The molecule has 0 spiro atoms. The van der Waals surface area contributed by atoms with Crippen molar-refractivity contribution < 1.29 is 4.42 Å². The number of thioether (sulfide) groups is 1. The average Bonchev–Trinajstić information content (AvgIpc) is 3.33. The minimum Gasteiger partial charge on any atom is -0.425 e. The fourth-order valence-corrected chi connectivity index (χ4v) is 4.28. The minimum absolute atomic E-state index is 0.410. The third kappa shape index (κ3) is 3.43. The molecule has 0 saturated heterocycles. The molecule has 0 amide bonds. The predicted molar refractivity (Wildman–Crippen MR) is 96.6 cm³/mol. The van der Waals surface area contributed by atoms with E-state index >= 15 is 0 Å². The van der Waals surface area contributed by atoms with E-state index in [4.69, 9.17) is 16.0 Å². The van der Waals surface area contributed by atoms with Crippen LogP contribution in [0.2, 0.25) is 5.02 Å². The summed E-state index contributed by atoms with van der Waals surface area (Å²) >= 11 is 7.97. The fraction of sp³-hybridized carbons (Fsp3) is 0.412. The summed E-state index contributed by atoms with van der Waals surface area (Å²) in [4.78, 5) is 0. The van der Waals surface area contributed by atoms with Crippen LogP contribution in [0.4, 0.5) is 0 Å². The number of benzene rings is 1. The number of hydrogen-bond acceptors (Lipinski definition) is 6. The Hall–Kier alpha value is -1.86. The topological polar surface area (TPSA) is 69.6 Å². The maximum Gasteiger partial charge on any atom is 0.226 e. The van der Waals surface area contributed by atoms with Crippen LogP contribution in [0.25, 0.3) is 11.4 Å². The monoisotopic (exact) mass is 375 g/mol. The van der Waals surface area contributed by atoms with Gasteiger partial charge >= 0.3 is 0 Å². The first-order chi connectivity index (χ1) is 12.2. The highest BCUT2D eigenvalue weighted by molar-refractivity contribution is 7.98. The summed E-state index contributed by atoms with van der Waals surface area (Å²) in [6, 6.07) is 8.19. The lowest BCUT2D eigenvalue weighted by Crippen LogP contribution is -2.08. The maximum absolute atomic E-state index is 6.40. The van der Waals surface area contributed by atoms with Gasteiger partial charge in [-0.05, 0) is 25.0 Å². The van der Waals surface area contributed by atoms with Crippen LogP contribution >= 0.6 is 23.4 Å². The van der Waals surface area contributed by atoms with E-state index in [1.54, 1.807) is 18.7 Å². The summed E-state index contributed by atoms with van der Waals surface area (Å²) in [7, 11) is 0. The lowest BCUT2D eigenvalue weighted by Gasteiger charge is -2.17. The van der Waals surface area contributed by atoms with Crippen molar-refractivity contribution in [2.45, 2.75) is 49.6 Å². The molecule has 1 aromatic carbocycles. The minimum atomic E-state index is 0.410. The first kappa shape index (κ1) is 16.6. The maximum atomic E-state index is 6.40. The van der Waals surface area contributed by atoms with Crippen molar-refractivity contribution in [3.63, 3.8) is 0 Å². The lowest BCUT2D eigenvalue weighted by atomic mass is 10.2. The molecular weight excluding hydrogens is 358 g/mol. The lowest BCUT2D eigenvalue weighted by molar-refractivity contribution is 0.479. The zero-order chi connectivity index (χ0) is 17.2. The molecule has 1 aliphatic carbocycles. The van der Waals surface area contributed by atoms with E-state index in [2.05, 4.69) is 25.0 Å². The van der Waals surface area contributed by atoms with E-state index in [1.807, 2.05) is 24.3 Å². The number of rotatable bonds is 5. The summed E-state index contributed by atoms with van der Waals surface area (Å²) in [5, 5.41) is 18.4. The Labute approximate surface area is 155 Å². The summed E-state index contributed by atoms with van der Waals surface area (Å²) < 4.78 is 7.70. The standard InChI is InChI=1S/C17H18ClN5OS/c1-11-19-20-15(24-11)10-25-17-22-21-16(13-8-4-5-9-14(13)18)23(17)12-6-2-3-7-12/h4-5,8-9,12H,2-3,6-7,10H2,1H3. The van der Waals surface area contributed by atoms with E-state index < -0.39 is 0 Å². The van der Waals surface area contributed by atoms with E-state index in [9.17, 15) is 0 Å². The van der Waals surface area contributed by atoms with Crippen molar-refractivity contribution in [1.29, 1.82) is 0 Å². The quantitative estimate of drug-likeness (QED) is 0.602. The van der Waals surface area contributed by atoms with E-state index in [0.717, 1.165) is 29.4 Å². The van der Waals surface area contributed by atoms with Gasteiger partial charge in [-0.1, -0.05) is 48.3 Å². The van der Waals surface area contributed by atoms with Crippen LogP contribution in [0.5, 0.6) is 0 Å². The zero-order valence-electron chi connectivity index (χ0n) is 13.9. The normalized spacial score (nSPS) is 15.1. The van der Waals surface area contributed by atoms with Crippen LogP contribution in [-0.2, 0) is 5.75 Å². The molecule has 25 heavy (non-hydrogen) atoms. The van der Waals surface area contributed by atoms with E-state index in [1.165, 1.54) is 12.8 Å². The van der Waals surface area contributed by atoms with Crippen molar-refractivity contribution >= 4 is 23.4 Å². The molecule has 6 nitrogen and oxygen atoms in total. The van der Waals surface area contributed by atoms with Crippen molar-refractivity contribution in [2.24, 2.45) is 0 Å². The van der Waals surface area contributed by atoms with Gasteiger partial charge in [0.1, 0.15) is 0 Å². The van der Waals surface area contributed by atoms with Gasteiger partial charge in [0.2, 0.25) is 11.8 Å². The average molecular weight is 376 g/mol. The first-order valence-electron chi connectivity index (χ1n) is 8.34. The highest BCUT2D eigenvalue weighted by atomic mass is 35.5. The second-order valence-corrected chi connectivity index (χ2v) is 7.45. The van der Waals surface area contributed by atoms with Crippen LogP contribution in [0, 0.1) is 6.92 Å². The third-order valence-corrected chi connectivity index (χ3v) is 5.62. The second-order valence-electron chi connectivity index (χ2n) is 6.10. The van der Waals surface area contributed by atoms with Crippen molar-refractivity contribution in [2.75, 3.05) is 0 Å².